The molecular weight excluding hydrogens is 288 g/mol. The molecule has 4 aliphatic rings. The highest BCUT2D eigenvalue weighted by molar-refractivity contribution is 6.31. The molecule has 21 heavy (non-hydrogen) atoms. The van der Waals surface area contributed by atoms with Gasteiger partial charge in [-0.15, -0.1) is 0 Å². The fourth-order valence-electron chi connectivity index (χ4n) is 3.67. The number of rotatable bonds is 1. The molecular formula is C15H19ClN4O. The maximum atomic E-state index is 6.22. The minimum Gasteiger partial charge on any atom is -0.455 e. The summed E-state index contributed by atoms with van der Waals surface area (Å²) in [6, 6.07) is 4.28. The number of nitrogens with zero attached hydrogens (tertiary/aromatic N) is 3. The molecule has 3 fully saturated rings. The lowest BCUT2D eigenvalue weighted by molar-refractivity contribution is -0.0829. The van der Waals surface area contributed by atoms with Gasteiger partial charge in [-0.25, -0.2) is 9.98 Å². The van der Waals surface area contributed by atoms with Crippen LogP contribution in [0.15, 0.2) is 17.1 Å². The monoisotopic (exact) mass is 306 g/mol. The van der Waals surface area contributed by atoms with Crippen molar-refractivity contribution < 1.29 is 4.74 Å². The van der Waals surface area contributed by atoms with Crippen LogP contribution in [-0.2, 0) is 4.74 Å². The van der Waals surface area contributed by atoms with Crippen LogP contribution in [0.3, 0.4) is 0 Å². The maximum absolute atomic E-state index is 6.22. The maximum Gasteiger partial charge on any atom is 0.291 e. The fraction of sp³-hybridized carbons (Fsp3) is 0.600. The Kier molecular flexibility index (Phi) is 3.08. The SMILES string of the molecule is Cc1nc(NC2=NCC3(CN4CCC3CC4)O2)ccc1Cl. The van der Waals surface area contributed by atoms with Crippen LogP contribution in [0.25, 0.3) is 0 Å². The van der Waals surface area contributed by atoms with Gasteiger partial charge in [0.2, 0.25) is 0 Å². The van der Waals surface area contributed by atoms with Crippen molar-refractivity contribution in [2.45, 2.75) is 25.4 Å². The van der Waals surface area contributed by atoms with Crippen molar-refractivity contribution in [3.8, 4) is 0 Å². The van der Waals surface area contributed by atoms with E-state index in [9.17, 15) is 0 Å². The summed E-state index contributed by atoms with van der Waals surface area (Å²) in [4.78, 5) is 11.5. The van der Waals surface area contributed by atoms with Gasteiger partial charge in [-0.05, 0) is 45.0 Å². The fourth-order valence-corrected chi connectivity index (χ4v) is 3.78. The molecule has 1 unspecified atom stereocenters. The van der Waals surface area contributed by atoms with Crippen molar-refractivity contribution in [1.29, 1.82) is 0 Å². The lowest BCUT2D eigenvalue weighted by Gasteiger charge is -2.50. The number of ether oxygens (including phenoxy) is 1. The third kappa shape index (κ3) is 2.28. The Balaban J connectivity index is 1.47. The van der Waals surface area contributed by atoms with E-state index in [0.29, 0.717) is 17.0 Å². The third-order valence-corrected chi connectivity index (χ3v) is 5.27. The molecule has 1 N–H and O–H groups in total. The van der Waals surface area contributed by atoms with Gasteiger partial charge in [0, 0.05) is 12.5 Å². The van der Waals surface area contributed by atoms with Crippen molar-refractivity contribution in [2.75, 3.05) is 31.5 Å². The highest BCUT2D eigenvalue weighted by Gasteiger charge is 2.51. The van der Waals surface area contributed by atoms with E-state index in [4.69, 9.17) is 16.3 Å². The van der Waals surface area contributed by atoms with E-state index in [0.717, 1.165) is 24.6 Å². The van der Waals surface area contributed by atoms with Crippen molar-refractivity contribution >= 4 is 23.4 Å². The van der Waals surface area contributed by atoms with Gasteiger partial charge in [-0.3, -0.25) is 10.2 Å². The number of amidine groups is 1. The van der Waals surface area contributed by atoms with E-state index < -0.39 is 0 Å². The van der Waals surface area contributed by atoms with Crippen LogP contribution >= 0.6 is 11.6 Å². The third-order valence-electron chi connectivity index (χ3n) is 4.87. The normalized spacial score (nSPS) is 33.9. The number of pyridine rings is 1. The summed E-state index contributed by atoms with van der Waals surface area (Å²) in [5, 5.41) is 3.85. The van der Waals surface area contributed by atoms with Crippen LogP contribution in [0.1, 0.15) is 18.5 Å². The summed E-state index contributed by atoms with van der Waals surface area (Å²) in [7, 11) is 0. The summed E-state index contributed by atoms with van der Waals surface area (Å²) < 4.78 is 6.22. The smallest absolute Gasteiger partial charge is 0.291 e. The van der Waals surface area contributed by atoms with Crippen molar-refractivity contribution in [1.82, 2.24) is 9.88 Å². The number of aryl methyl sites for hydroxylation is 1. The average Bonchev–Trinajstić information content (AvgIpc) is 2.87. The summed E-state index contributed by atoms with van der Waals surface area (Å²) in [5.74, 6) is 1.36. The molecule has 5 heterocycles. The minimum absolute atomic E-state index is 0.111. The number of hydrogen-bond donors (Lipinski definition) is 1. The molecule has 5 nitrogen and oxygen atoms in total. The van der Waals surface area contributed by atoms with E-state index >= 15 is 0 Å². The van der Waals surface area contributed by atoms with E-state index in [2.05, 4.69) is 20.2 Å². The molecule has 4 aliphatic heterocycles. The molecule has 0 radical (unpaired) electrons. The van der Waals surface area contributed by atoms with Gasteiger partial charge in [-0.2, -0.15) is 0 Å². The molecule has 112 valence electrons. The second-order valence-corrected chi connectivity index (χ2v) is 6.63. The molecule has 6 heteroatoms. The van der Waals surface area contributed by atoms with Crippen molar-refractivity contribution in [2.24, 2.45) is 10.9 Å². The van der Waals surface area contributed by atoms with E-state index in [-0.39, 0.29) is 5.60 Å². The van der Waals surface area contributed by atoms with E-state index in [1.807, 2.05) is 19.1 Å². The standard InChI is InChI=1S/C15H19ClN4O/c1-10-12(16)2-3-13(18-10)19-14-17-8-15(21-14)9-20-6-4-11(15)5-7-20/h2-3,11H,4-9H2,1H3,(H,17,18,19). The van der Waals surface area contributed by atoms with Crippen LogP contribution in [0.2, 0.25) is 5.02 Å². The first kappa shape index (κ1) is 13.3. The Morgan fingerprint density at radius 2 is 2.19 bits per heavy atom. The number of fused-ring (bicyclic) bond motifs is 2. The molecule has 0 amide bonds. The van der Waals surface area contributed by atoms with Gasteiger partial charge in [0.1, 0.15) is 11.4 Å². The first-order valence-corrected chi connectivity index (χ1v) is 7.88. The van der Waals surface area contributed by atoms with E-state index in [1.165, 1.54) is 25.9 Å². The number of hydrogen-bond acceptors (Lipinski definition) is 5. The Hall–Kier alpha value is -1.33. The largest absolute Gasteiger partial charge is 0.455 e. The molecule has 1 aromatic heterocycles. The van der Waals surface area contributed by atoms with Gasteiger partial charge in [0.25, 0.3) is 6.02 Å². The molecule has 2 bridgehead atoms. The number of anilines is 1. The predicted molar refractivity (Wildman–Crippen MR) is 82.9 cm³/mol. The summed E-state index contributed by atoms with van der Waals surface area (Å²) >= 11 is 6.00. The second kappa shape index (κ2) is 4.85. The molecule has 5 rings (SSSR count). The molecule has 1 spiro atoms. The molecule has 0 aliphatic carbocycles. The predicted octanol–water partition coefficient (Wildman–Crippen LogP) is 2.31. The van der Waals surface area contributed by atoms with Crippen LogP contribution < -0.4 is 5.32 Å². The highest BCUT2D eigenvalue weighted by atomic mass is 35.5. The average molecular weight is 307 g/mol. The second-order valence-electron chi connectivity index (χ2n) is 6.23. The minimum atomic E-state index is -0.111. The van der Waals surface area contributed by atoms with Crippen LogP contribution in [0.5, 0.6) is 0 Å². The topological polar surface area (TPSA) is 49.8 Å². The van der Waals surface area contributed by atoms with Gasteiger partial charge in [0.05, 0.1) is 17.3 Å². The van der Waals surface area contributed by atoms with Crippen LogP contribution in [0, 0.1) is 12.8 Å². The zero-order valence-electron chi connectivity index (χ0n) is 12.1. The van der Waals surface area contributed by atoms with Gasteiger partial charge < -0.3 is 4.74 Å². The van der Waals surface area contributed by atoms with Crippen LogP contribution in [-0.4, -0.2) is 47.7 Å². The first-order chi connectivity index (χ1) is 10.1. The molecule has 0 saturated carbocycles. The molecule has 1 aromatic rings. The number of piperidine rings is 3. The lowest BCUT2D eigenvalue weighted by Crippen LogP contribution is -2.61. The van der Waals surface area contributed by atoms with Crippen LogP contribution in [0.4, 0.5) is 5.82 Å². The zero-order valence-corrected chi connectivity index (χ0v) is 12.9. The van der Waals surface area contributed by atoms with Gasteiger partial charge in [-0.1, -0.05) is 11.6 Å². The Morgan fingerprint density at radius 3 is 2.86 bits per heavy atom. The lowest BCUT2D eigenvalue weighted by atomic mass is 9.75. The first-order valence-electron chi connectivity index (χ1n) is 7.51. The van der Waals surface area contributed by atoms with Crippen molar-refractivity contribution in [3.05, 3.63) is 22.8 Å². The van der Waals surface area contributed by atoms with Crippen molar-refractivity contribution in [3.63, 3.8) is 0 Å². The summed E-state index contributed by atoms with van der Waals surface area (Å²) in [5.41, 5.74) is 0.693. The number of aliphatic imine (C=N–C) groups is 1. The molecule has 1 atom stereocenters. The number of aromatic nitrogens is 1. The highest BCUT2D eigenvalue weighted by Crippen LogP contribution is 2.40. The van der Waals surface area contributed by atoms with Gasteiger partial charge >= 0.3 is 0 Å². The summed E-state index contributed by atoms with van der Waals surface area (Å²) in [6.07, 6.45) is 2.45. The van der Waals surface area contributed by atoms with E-state index in [1.54, 1.807) is 0 Å². The Morgan fingerprint density at radius 1 is 1.38 bits per heavy atom. The summed E-state index contributed by atoms with van der Waals surface area (Å²) in [6.45, 7) is 6.05. The van der Waals surface area contributed by atoms with Gasteiger partial charge in [0.15, 0.2) is 0 Å². The number of halogens is 1. The Bertz CT molecular complexity index is 597. The zero-order chi connectivity index (χ0) is 14.4. The quantitative estimate of drug-likeness (QED) is 0.865. The Labute approximate surface area is 129 Å². The number of nitrogens with one attached hydrogen (secondary N) is 1. The molecule has 3 saturated heterocycles. The molecule has 0 aromatic carbocycles.